The van der Waals surface area contributed by atoms with Crippen molar-refractivity contribution >= 4 is 30.8 Å². The second-order valence-corrected chi connectivity index (χ2v) is 17.9. The Morgan fingerprint density at radius 2 is 1.43 bits per heavy atom. The number of carbonyl (C=O) groups is 2. The van der Waals surface area contributed by atoms with Crippen LogP contribution >= 0.6 is 0 Å². The minimum absolute atomic E-state index is 0.125. The molecule has 1 aliphatic heterocycles. The molecule has 1 N–H and O–H groups in total. The predicted octanol–water partition coefficient (Wildman–Crippen LogP) is 5.38. The molecule has 0 radical (unpaired) electrons. The van der Waals surface area contributed by atoms with Gasteiger partial charge < -0.3 is 19.1 Å². The second-order valence-electron chi connectivity index (χ2n) is 13.6. The zero-order valence-electron chi connectivity index (χ0n) is 27.9. The summed E-state index contributed by atoms with van der Waals surface area (Å²) in [6.45, 7) is 12.4. The molecule has 1 fully saturated rings. The number of methoxy groups -OCH3 is 1. The quantitative estimate of drug-likeness (QED) is 0.116. The van der Waals surface area contributed by atoms with Gasteiger partial charge in [-0.2, -0.15) is 5.06 Å². The minimum atomic E-state index is -2.99. The van der Waals surface area contributed by atoms with E-state index < -0.39 is 44.2 Å². The number of likely N-dealkylation sites (tertiary alicyclic amines) is 1. The lowest BCUT2D eigenvalue weighted by Crippen LogP contribution is -2.67. The van der Waals surface area contributed by atoms with Crippen molar-refractivity contribution in [2.45, 2.75) is 83.3 Å². The van der Waals surface area contributed by atoms with Crippen molar-refractivity contribution in [3.05, 3.63) is 96.6 Å². The number of amides is 1. The molecular weight excluding hydrogens is 597 g/mol. The zero-order valence-corrected chi connectivity index (χ0v) is 28.9. The van der Waals surface area contributed by atoms with E-state index in [9.17, 15) is 14.8 Å². The fourth-order valence-electron chi connectivity index (χ4n) is 6.10. The molecule has 3 aromatic carbocycles. The van der Waals surface area contributed by atoms with E-state index in [1.165, 1.54) is 7.11 Å². The highest BCUT2D eigenvalue weighted by Crippen LogP contribution is 2.40. The largest absolute Gasteiger partial charge is 0.459 e. The van der Waals surface area contributed by atoms with Gasteiger partial charge in [-0.1, -0.05) is 118 Å². The van der Waals surface area contributed by atoms with Crippen LogP contribution in [0.15, 0.2) is 91.0 Å². The van der Waals surface area contributed by atoms with E-state index >= 15 is 0 Å². The third-order valence-corrected chi connectivity index (χ3v) is 13.2. The summed E-state index contributed by atoms with van der Waals surface area (Å²) >= 11 is 0. The van der Waals surface area contributed by atoms with Gasteiger partial charge in [0.15, 0.2) is 0 Å². The molecule has 3 atom stereocenters. The molecule has 1 heterocycles. The van der Waals surface area contributed by atoms with Crippen LogP contribution in [0, 0.1) is 11.8 Å². The van der Waals surface area contributed by atoms with Gasteiger partial charge in [0.05, 0.1) is 25.8 Å². The molecule has 4 rings (SSSR count). The number of hydroxylamine groups is 2. The second kappa shape index (κ2) is 14.7. The third-order valence-electron chi connectivity index (χ3n) is 8.07. The fourth-order valence-corrected chi connectivity index (χ4v) is 10.8. The van der Waals surface area contributed by atoms with Crippen molar-refractivity contribution < 1.29 is 28.7 Å². The number of hydrogen-bond acceptors (Lipinski definition) is 7. The van der Waals surface area contributed by atoms with Crippen LogP contribution < -0.4 is 10.4 Å². The molecular formula is C37H46N2O6Si. The maximum atomic E-state index is 13.8. The van der Waals surface area contributed by atoms with Gasteiger partial charge in [0.2, 0.25) is 0 Å². The van der Waals surface area contributed by atoms with Crippen LogP contribution in [0.25, 0.3) is 0 Å². The smallest absolute Gasteiger partial charge is 0.410 e. The van der Waals surface area contributed by atoms with Gasteiger partial charge in [-0.25, -0.2) is 9.59 Å². The average Bonchev–Trinajstić information content (AvgIpc) is 3.43. The van der Waals surface area contributed by atoms with Crippen LogP contribution in [0.3, 0.4) is 0 Å². The number of ether oxygens (including phenoxy) is 2. The Balaban J connectivity index is 1.80. The van der Waals surface area contributed by atoms with Crippen molar-refractivity contribution in [3.8, 4) is 11.8 Å². The van der Waals surface area contributed by atoms with Gasteiger partial charge in [-0.05, 0) is 48.2 Å². The minimum Gasteiger partial charge on any atom is -0.459 e. The van der Waals surface area contributed by atoms with E-state index in [1.54, 1.807) is 4.90 Å². The molecule has 0 aliphatic carbocycles. The number of hydrogen-bond donors (Lipinski definition) is 1. The summed E-state index contributed by atoms with van der Waals surface area (Å²) in [6, 6.07) is 28.5. The normalized spacial score (nSPS) is 17.6. The number of carbonyl (C=O) groups excluding carboxylic acids is 2. The summed E-state index contributed by atoms with van der Waals surface area (Å²) in [5.74, 6) is 4.68. The maximum Gasteiger partial charge on any atom is 0.410 e. The first-order valence-corrected chi connectivity index (χ1v) is 17.5. The van der Waals surface area contributed by atoms with Crippen LogP contribution in [-0.2, 0) is 25.2 Å². The van der Waals surface area contributed by atoms with Crippen molar-refractivity contribution in [1.82, 2.24) is 9.96 Å². The Bertz CT molecular complexity index is 1470. The van der Waals surface area contributed by atoms with Crippen LogP contribution in [0.4, 0.5) is 4.79 Å². The van der Waals surface area contributed by atoms with Gasteiger partial charge >= 0.3 is 12.1 Å². The summed E-state index contributed by atoms with van der Waals surface area (Å²) in [5, 5.41) is 14.5. The summed E-state index contributed by atoms with van der Waals surface area (Å²) in [4.78, 5) is 27.6. The van der Waals surface area contributed by atoms with Gasteiger partial charge in [-0.15, -0.1) is 0 Å². The van der Waals surface area contributed by atoms with E-state index in [-0.39, 0.29) is 18.1 Å². The van der Waals surface area contributed by atoms with Gasteiger partial charge in [0, 0.05) is 12.5 Å². The molecule has 0 spiro atoms. The van der Waals surface area contributed by atoms with Crippen LogP contribution in [0.2, 0.25) is 5.04 Å². The van der Waals surface area contributed by atoms with Crippen molar-refractivity contribution in [3.63, 3.8) is 0 Å². The molecule has 1 saturated heterocycles. The Kier molecular flexibility index (Phi) is 11.1. The van der Waals surface area contributed by atoms with E-state index in [1.807, 2.05) is 87.5 Å². The summed E-state index contributed by atoms with van der Waals surface area (Å²) in [5.41, 5.74) is 0.0890. The number of benzene rings is 3. The summed E-state index contributed by atoms with van der Waals surface area (Å²) in [7, 11) is -1.73. The van der Waals surface area contributed by atoms with E-state index in [0.717, 1.165) is 21.0 Å². The number of nitrogens with zero attached hydrogens (tertiary/aromatic N) is 2. The molecule has 244 valence electrons. The van der Waals surface area contributed by atoms with E-state index in [4.69, 9.17) is 13.9 Å². The van der Waals surface area contributed by atoms with Crippen molar-refractivity contribution in [1.29, 1.82) is 0 Å². The lowest BCUT2D eigenvalue weighted by atomic mass is 10.0. The van der Waals surface area contributed by atoms with Crippen LogP contribution in [-0.4, -0.2) is 73.0 Å². The van der Waals surface area contributed by atoms with E-state index in [2.05, 4.69) is 56.9 Å². The summed E-state index contributed by atoms with van der Waals surface area (Å²) in [6.07, 6.45) is -0.601. The number of esters is 1. The molecule has 3 aromatic rings. The standard InChI is InChI=1S/C37H46N2O6Si/c1-36(2,3)44-35(41)38-27-29(25-33(38)32(23-24-34(40)43-7)39(42)26-28-17-11-8-12-18-28)45-46(37(4,5)6,30-19-13-9-14-20-30)31-21-15-10-16-22-31/h8-22,29,32-33,42H,25-27H2,1-7H3/t29-,32+,33-/m1/s1. The highest BCUT2D eigenvalue weighted by atomic mass is 28.4. The average molecular weight is 643 g/mol. The van der Waals surface area contributed by atoms with Crippen LogP contribution in [0.1, 0.15) is 53.5 Å². The number of rotatable bonds is 8. The molecule has 0 bridgehead atoms. The lowest BCUT2D eigenvalue weighted by molar-refractivity contribution is -0.135. The molecule has 1 aliphatic rings. The first-order chi connectivity index (χ1) is 21.7. The fraction of sp³-hybridized carbons (Fsp3) is 0.405. The van der Waals surface area contributed by atoms with E-state index in [0.29, 0.717) is 6.42 Å². The molecule has 1 amide bonds. The highest BCUT2D eigenvalue weighted by Gasteiger charge is 2.54. The highest BCUT2D eigenvalue weighted by molar-refractivity contribution is 6.99. The van der Waals surface area contributed by atoms with Crippen molar-refractivity contribution in [2.24, 2.45) is 0 Å². The Labute approximate surface area is 274 Å². The molecule has 0 saturated carbocycles. The first kappa shape index (κ1) is 34.9. The maximum absolute atomic E-state index is 13.8. The van der Waals surface area contributed by atoms with Gasteiger partial charge in [0.25, 0.3) is 8.32 Å². The molecule has 8 nitrogen and oxygen atoms in total. The molecule has 0 aromatic heterocycles. The van der Waals surface area contributed by atoms with Gasteiger partial charge in [0.1, 0.15) is 11.6 Å². The molecule has 46 heavy (non-hydrogen) atoms. The third kappa shape index (κ3) is 8.25. The van der Waals surface area contributed by atoms with Crippen molar-refractivity contribution in [2.75, 3.05) is 13.7 Å². The van der Waals surface area contributed by atoms with Crippen LogP contribution in [0.5, 0.6) is 0 Å². The monoisotopic (exact) mass is 642 g/mol. The molecule has 0 unspecified atom stereocenters. The zero-order chi connectivity index (χ0) is 33.5. The lowest BCUT2D eigenvalue weighted by Gasteiger charge is -2.44. The Morgan fingerprint density at radius 1 is 0.913 bits per heavy atom. The Hall–Kier alpha value is -3.94. The Morgan fingerprint density at radius 3 is 1.91 bits per heavy atom. The summed E-state index contributed by atoms with van der Waals surface area (Å²) < 4.78 is 18.1. The topological polar surface area (TPSA) is 88.5 Å². The SMILES string of the molecule is COC(=O)C#C[C@@H]([C@H]1C[C@@H](O[Si](c2ccccc2)(c2ccccc2)C(C)(C)C)CN1C(=O)OC(C)(C)C)N(O)Cc1ccccc1. The predicted molar refractivity (Wildman–Crippen MR) is 181 cm³/mol. The molecule has 9 heteroatoms. The first-order valence-electron chi connectivity index (χ1n) is 15.6. The van der Waals surface area contributed by atoms with Gasteiger partial charge in [-0.3, -0.25) is 4.90 Å².